The molecule has 12 heteroatoms. The van der Waals surface area contributed by atoms with Crippen LogP contribution in [0.25, 0.3) is 6.08 Å². The Bertz CT molecular complexity index is 1070. The van der Waals surface area contributed by atoms with Crippen LogP contribution in [0.4, 0.5) is 0 Å². The zero-order chi connectivity index (χ0) is 26.4. The second-order valence-corrected chi connectivity index (χ2v) is 8.00. The second kappa shape index (κ2) is 12.0. The van der Waals surface area contributed by atoms with E-state index in [-0.39, 0.29) is 29.6 Å². The maximum absolute atomic E-state index is 12.3. The van der Waals surface area contributed by atoms with Crippen LogP contribution in [0.15, 0.2) is 42.5 Å². The number of hydrogen-bond donors (Lipinski definition) is 7. The van der Waals surface area contributed by atoms with E-state index >= 15 is 0 Å². The molecule has 0 radical (unpaired) electrons. The molecule has 2 aromatic rings. The predicted molar refractivity (Wildman–Crippen MR) is 122 cm³/mol. The first-order chi connectivity index (χ1) is 17.1. The van der Waals surface area contributed by atoms with Crippen LogP contribution in [0.2, 0.25) is 0 Å². The molecule has 0 amide bonds. The number of methoxy groups -OCH3 is 1. The monoisotopic (exact) mass is 508 g/mol. The van der Waals surface area contributed by atoms with Crippen molar-refractivity contribution >= 4 is 12.0 Å². The number of phenols is 4. The zero-order valence-corrected chi connectivity index (χ0v) is 19.2. The van der Waals surface area contributed by atoms with Crippen molar-refractivity contribution in [3.8, 4) is 23.0 Å². The molecule has 6 atom stereocenters. The summed E-state index contributed by atoms with van der Waals surface area (Å²) in [4.78, 5) is 12.3. The molecular formula is C24H28O12. The molecule has 0 aliphatic carbocycles. The van der Waals surface area contributed by atoms with Crippen molar-refractivity contribution in [3.63, 3.8) is 0 Å². The van der Waals surface area contributed by atoms with Crippen LogP contribution < -0.4 is 0 Å². The van der Waals surface area contributed by atoms with E-state index in [1.54, 1.807) is 0 Å². The summed E-state index contributed by atoms with van der Waals surface area (Å²) < 4.78 is 21.5. The molecule has 1 aliphatic heterocycles. The smallest absolute Gasteiger partial charge is 0.331 e. The lowest BCUT2D eigenvalue weighted by atomic mass is 9.99. The first-order valence-corrected chi connectivity index (χ1v) is 10.8. The maximum Gasteiger partial charge on any atom is 0.331 e. The topological polar surface area (TPSA) is 196 Å². The van der Waals surface area contributed by atoms with E-state index in [1.165, 1.54) is 49.6 Å². The number of carbonyl (C=O) groups is 1. The van der Waals surface area contributed by atoms with Crippen molar-refractivity contribution in [1.82, 2.24) is 0 Å². The van der Waals surface area contributed by atoms with Crippen molar-refractivity contribution in [3.05, 3.63) is 53.6 Å². The summed E-state index contributed by atoms with van der Waals surface area (Å²) in [6, 6.07) is 7.91. The molecule has 2 aromatic carbocycles. The Morgan fingerprint density at radius 1 is 1.00 bits per heavy atom. The second-order valence-electron chi connectivity index (χ2n) is 8.00. The molecule has 36 heavy (non-hydrogen) atoms. The predicted octanol–water partition coefficient (Wildman–Crippen LogP) is 0.277. The van der Waals surface area contributed by atoms with Gasteiger partial charge in [0, 0.05) is 13.2 Å². The summed E-state index contributed by atoms with van der Waals surface area (Å²) in [5, 5.41) is 68.8. The molecule has 12 nitrogen and oxygen atoms in total. The fraction of sp³-hybridized carbons (Fsp3) is 0.375. The molecule has 1 saturated heterocycles. The molecule has 0 bridgehead atoms. The zero-order valence-electron chi connectivity index (χ0n) is 19.2. The summed E-state index contributed by atoms with van der Waals surface area (Å²) >= 11 is 0. The van der Waals surface area contributed by atoms with Gasteiger partial charge in [-0.1, -0.05) is 12.1 Å². The van der Waals surface area contributed by atoms with Crippen LogP contribution in [-0.4, -0.2) is 92.7 Å². The lowest BCUT2D eigenvalue weighted by molar-refractivity contribution is -0.306. The van der Waals surface area contributed by atoms with Gasteiger partial charge in [0.05, 0.1) is 13.2 Å². The minimum Gasteiger partial charge on any atom is -0.504 e. The van der Waals surface area contributed by atoms with Crippen molar-refractivity contribution in [2.75, 3.05) is 20.3 Å². The minimum absolute atomic E-state index is 0.207. The van der Waals surface area contributed by atoms with Crippen LogP contribution in [0, 0.1) is 0 Å². The van der Waals surface area contributed by atoms with Gasteiger partial charge in [-0.05, 0) is 41.5 Å². The third-order valence-corrected chi connectivity index (χ3v) is 5.55. The molecule has 0 aromatic heterocycles. The van der Waals surface area contributed by atoms with Crippen LogP contribution in [-0.2, 0) is 23.7 Å². The van der Waals surface area contributed by atoms with Crippen LogP contribution in [0.5, 0.6) is 23.0 Å². The largest absolute Gasteiger partial charge is 0.504 e. The number of aromatic hydroxyl groups is 4. The number of ether oxygens (including phenoxy) is 4. The van der Waals surface area contributed by atoms with E-state index < -0.39 is 49.4 Å². The summed E-state index contributed by atoms with van der Waals surface area (Å²) in [5.41, 5.74) is 0.820. The molecule has 7 N–H and O–H groups in total. The first-order valence-electron chi connectivity index (χ1n) is 10.8. The van der Waals surface area contributed by atoms with Crippen LogP contribution >= 0.6 is 0 Å². The number of hydrogen-bond acceptors (Lipinski definition) is 12. The van der Waals surface area contributed by atoms with Gasteiger partial charge in [0.2, 0.25) is 0 Å². The number of aliphatic hydroxyl groups is 3. The molecule has 1 unspecified atom stereocenters. The van der Waals surface area contributed by atoms with Gasteiger partial charge in [0.15, 0.2) is 35.4 Å². The van der Waals surface area contributed by atoms with Crippen LogP contribution in [0.1, 0.15) is 17.2 Å². The molecule has 1 aliphatic rings. The number of benzene rings is 2. The molecule has 1 fully saturated rings. The van der Waals surface area contributed by atoms with Crippen molar-refractivity contribution in [2.24, 2.45) is 0 Å². The van der Waals surface area contributed by atoms with Crippen molar-refractivity contribution in [1.29, 1.82) is 0 Å². The van der Waals surface area contributed by atoms with E-state index in [1.807, 2.05) is 0 Å². The molecule has 196 valence electrons. The van der Waals surface area contributed by atoms with E-state index in [9.17, 15) is 40.5 Å². The number of aliphatic hydroxyl groups excluding tert-OH is 3. The Morgan fingerprint density at radius 3 is 2.28 bits per heavy atom. The summed E-state index contributed by atoms with van der Waals surface area (Å²) in [5.74, 6) is -2.35. The van der Waals surface area contributed by atoms with E-state index in [4.69, 9.17) is 18.9 Å². The van der Waals surface area contributed by atoms with E-state index in [2.05, 4.69) is 0 Å². The maximum atomic E-state index is 12.3. The van der Waals surface area contributed by atoms with Crippen molar-refractivity contribution < 1.29 is 59.5 Å². The van der Waals surface area contributed by atoms with Gasteiger partial charge in [0.1, 0.15) is 24.4 Å². The average molecular weight is 508 g/mol. The third-order valence-electron chi connectivity index (χ3n) is 5.55. The minimum atomic E-state index is -1.65. The quantitative estimate of drug-likeness (QED) is 0.139. The lowest BCUT2D eigenvalue weighted by Gasteiger charge is -2.41. The summed E-state index contributed by atoms with van der Waals surface area (Å²) in [7, 11) is 1.38. The number of carbonyl (C=O) groups excluding carboxylic acids is 1. The highest BCUT2D eigenvalue weighted by atomic mass is 16.7. The Labute approximate surface area is 205 Å². The van der Waals surface area contributed by atoms with Gasteiger partial charge in [-0.3, -0.25) is 0 Å². The molecule has 1 heterocycles. The standard InChI is InChI=1S/C24H28O12/c1-33-19(13-4-6-15(27)17(29)9-13)11-34-24-22(32)23(21(31)18(10-25)35-24)36-20(30)7-3-12-2-5-14(26)16(28)8-12/h2-9,18-19,21-29,31-32H,10-11H2,1H3/b7-3+/t18-,19?,21-,22-,23+,24-/m1/s1. The van der Waals surface area contributed by atoms with E-state index in [0.717, 1.165) is 6.08 Å². The number of phenolic OH excluding ortho intramolecular Hbond substituents is 4. The van der Waals surface area contributed by atoms with Gasteiger partial charge in [-0.25, -0.2) is 4.79 Å². The number of rotatable bonds is 9. The van der Waals surface area contributed by atoms with Gasteiger partial charge in [-0.2, -0.15) is 0 Å². The normalized spacial score (nSPS) is 25.1. The highest BCUT2D eigenvalue weighted by molar-refractivity contribution is 5.87. The molecular weight excluding hydrogens is 480 g/mol. The van der Waals surface area contributed by atoms with Gasteiger partial charge < -0.3 is 54.7 Å². The Morgan fingerprint density at radius 2 is 1.67 bits per heavy atom. The first kappa shape index (κ1) is 27.2. The summed E-state index contributed by atoms with van der Waals surface area (Å²) in [6.07, 6.45) is -5.90. The third kappa shape index (κ3) is 6.43. The SMILES string of the molecule is COC(CO[C@@H]1O[C@H](CO)[C@@H](O)[C@H](OC(=O)/C=C/c2ccc(O)c(O)c2)[C@H]1O)c1ccc(O)c(O)c1. The van der Waals surface area contributed by atoms with Gasteiger partial charge in [0.25, 0.3) is 0 Å². The Hall–Kier alpha value is -3.39. The van der Waals surface area contributed by atoms with Gasteiger partial charge in [-0.15, -0.1) is 0 Å². The Balaban J connectivity index is 1.68. The highest BCUT2D eigenvalue weighted by Gasteiger charge is 2.47. The van der Waals surface area contributed by atoms with Gasteiger partial charge >= 0.3 is 5.97 Å². The molecule has 3 rings (SSSR count). The van der Waals surface area contributed by atoms with E-state index in [0.29, 0.717) is 11.1 Å². The Kier molecular flexibility index (Phi) is 9.09. The highest BCUT2D eigenvalue weighted by Crippen LogP contribution is 2.31. The lowest BCUT2D eigenvalue weighted by Crippen LogP contribution is -2.60. The fourth-order valence-electron chi connectivity index (χ4n) is 3.54. The van der Waals surface area contributed by atoms with Crippen molar-refractivity contribution in [2.45, 2.75) is 36.8 Å². The van der Waals surface area contributed by atoms with Crippen LogP contribution in [0.3, 0.4) is 0 Å². The average Bonchev–Trinajstić information content (AvgIpc) is 2.86. The molecule has 0 saturated carbocycles. The fourth-order valence-corrected chi connectivity index (χ4v) is 3.54. The number of esters is 1. The summed E-state index contributed by atoms with van der Waals surface area (Å²) in [6.45, 7) is -0.869. The molecule has 0 spiro atoms.